The smallest absolute Gasteiger partial charge is 0.326 e. The molecule has 0 aromatic carbocycles. The molecule has 0 fully saturated rings. The average Bonchev–Trinajstić information content (AvgIpc) is 2.04. The van der Waals surface area contributed by atoms with Crippen LogP contribution in [0.15, 0.2) is 0 Å². The van der Waals surface area contributed by atoms with Crippen molar-refractivity contribution in [3.63, 3.8) is 0 Å². The first kappa shape index (κ1) is 14.4. The van der Waals surface area contributed by atoms with Crippen molar-refractivity contribution >= 4 is 35.9 Å². The van der Waals surface area contributed by atoms with Crippen LogP contribution in [-0.2, 0) is 4.57 Å². The molecule has 0 amide bonds. The molecule has 4 nitrogen and oxygen atoms in total. The monoisotopic (exact) mass is 257 g/mol. The lowest BCUT2D eigenvalue weighted by Crippen LogP contribution is -2.27. The summed E-state index contributed by atoms with van der Waals surface area (Å²) in [5.74, 6) is 0.375. The summed E-state index contributed by atoms with van der Waals surface area (Å²) in [6.07, 6.45) is -0.112. The van der Waals surface area contributed by atoms with Gasteiger partial charge < -0.3 is 14.7 Å². The standard InChI is InChI=1S/C7H16NO3PS2/c1-3-8(4-2)7(13)14-6-5-12(9,10)11/h3-6H2,1-2H3,(H2,9,10,11). The Morgan fingerprint density at radius 1 is 1.43 bits per heavy atom. The maximum absolute atomic E-state index is 10.5. The van der Waals surface area contributed by atoms with Gasteiger partial charge >= 0.3 is 7.60 Å². The van der Waals surface area contributed by atoms with Gasteiger partial charge in [0.1, 0.15) is 4.32 Å². The van der Waals surface area contributed by atoms with E-state index in [1.54, 1.807) is 0 Å². The van der Waals surface area contributed by atoms with E-state index in [1.807, 2.05) is 18.7 Å². The molecule has 0 unspecified atom stereocenters. The molecule has 0 heterocycles. The van der Waals surface area contributed by atoms with Gasteiger partial charge in [-0.3, -0.25) is 4.57 Å². The molecule has 0 saturated carbocycles. The van der Waals surface area contributed by atoms with Crippen LogP contribution in [0.3, 0.4) is 0 Å². The van der Waals surface area contributed by atoms with Crippen molar-refractivity contribution in [1.29, 1.82) is 0 Å². The van der Waals surface area contributed by atoms with Gasteiger partial charge in [0.15, 0.2) is 0 Å². The fourth-order valence-corrected chi connectivity index (χ4v) is 3.27. The van der Waals surface area contributed by atoms with Crippen molar-refractivity contribution in [3.8, 4) is 0 Å². The van der Waals surface area contributed by atoms with Gasteiger partial charge in [0.25, 0.3) is 0 Å². The van der Waals surface area contributed by atoms with Crippen LogP contribution in [0.2, 0.25) is 0 Å². The third-order valence-corrected chi connectivity index (χ3v) is 4.26. The van der Waals surface area contributed by atoms with Gasteiger partial charge in [-0.15, -0.1) is 0 Å². The van der Waals surface area contributed by atoms with Crippen LogP contribution in [0.4, 0.5) is 0 Å². The van der Waals surface area contributed by atoms with Crippen molar-refractivity contribution in [2.24, 2.45) is 0 Å². The lowest BCUT2D eigenvalue weighted by molar-refractivity contribution is 0.375. The summed E-state index contributed by atoms with van der Waals surface area (Å²) in [5, 5.41) is 0. The molecule has 0 aliphatic rings. The van der Waals surface area contributed by atoms with E-state index in [-0.39, 0.29) is 6.16 Å². The first-order valence-electron chi connectivity index (χ1n) is 4.37. The highest BCUT2D eigenvalue weighted by Gasteiger charge is 2.13. The van der Waals surface area contributed by atoms with Crippen LogP contribution in [-0.4, -0.2) is 44.0 Å². The highest BCUT2D eigenvalue weighted by molar-refractivity contribution is 8.23. The Labute approximate surface area is 94.2 Å². The highest BCUT2D eigenvalue weighted by Crippen LogP contribution is 2.34. The Kier molecular flexibility index (Phi) is 6.99. The summed E-state index contributed by atoms with van der Waals surface area (Å²) in [7, 11) is -3.87. The highest BCUT2D eigenvalue weighted by atomic mass is 32.2. The molecule has 2 N–H and O–H groups in total. The molecule has 84 valence electrons. The zero-order valence-corrected chi connectivity index (χ0v) is 10.9. The molecular weight excluding hydrogens is 241 g/mol. The normalized spacial score (nSPS) is 11.4. The van der Waals surface area contributed by atoms with Crippen molar-refractivity contribution < 1.29 is 14.4 Å². The molecule has 0 aromatic rings. The topological polar surface area (TPSA) is 60.8 Å². The van der Waals surface area contributed by atoms with Crippen LogP contribution in [0.5, 0.6) is 0 Å². The second kappa shape index (κ2) is 6.80. The SMILES string of the molecule is CCN(CC)C(=S)SCCP(=O)(O)O. The molecule has 14 heavy (non-hydrogen) atoms. The van der Waals surface area contributed by atoms with Crippen LogP contribution in [0, 0.1) is 0 Å². The van der Waals surface area contributed by atoms with Crippen LogP contribution in [0.1, 0.15) is 13.8 Å². The van der Waals surface area contributed by atoms with Crippen molar-refractivity contribution in [2.45, 2.75) is 13.8 Å². The number of thioether (sulfide) groups is 1. The maximum atomic E-state index is 10.5. The molecule has 0 rings (SSSR count). The van der Waals surface area contributed by atoms with E-state index >= 15 is 0 Å². The first-order valence-corrected chi connectivity index (χ1v) is 7.56. The van der Waals surface area contributed by atoms with E-state index in [0.29, 0.717) is 10.1 Å². The van der Waals surface area contributed by atoms with Crippen LogP contribution in [0.25, 0.3) is 0 Å². The quantitative estimate of drug-likeness (QED) is 0.575. The first-order chi connectivity index (χ1) is 6.40. The van der Waals surface area contributed by atoms with Gasteiger partial charge in [0, 0.05) is 18.8 Å². The largest absolute Gasteiger partial charge is 0.358 e. The Morgan fingerprint density at radius 3 is 2.29 bits per heavy atom. The predicted molar refractivity (Wildman–Crippen MR) is 64.9 cm³/mol. The third-order valence-electron chi connectivity index (χ3n) is 1.63. The number of hydrogen-bond donors (Lipinski definition) is 2. The molecule has 0 saturated heterocycles. The number of hydrogen-bond acceptors (Lipinski definition) is 3. The van der Waals surface area contributed by atoms with Crippen molar-refractivity contribution in [2.75, 3.05) is 25.0 Å². The molecule has 0 bridgehead atoms. The number of rotatable bonds is 5. The van der Waals surface area contributed by atoms with Gasteiger partial charge in [0.05, 0.1) is 6.16 Å². The summed E-state index contributed by atoms with van der Waals surface area (Å²) >= 11 is 6.42. The lowest BCUT2D eigenvalue weighted by Gasteiger charge is -2.20. The maximum Gasteiger partial charge on any atom is 0.326 e. The summed E-state index contributed by atoms with van der Waals surface area (Å²) in [6, 6.07) is 0. The summed E-state index contributed by atoms with van der Waals surface area (Å²) in [4.78, 5) is 19.2. The second-order valence-electron chi connectivity index (χ2n) is 2.67. The number of thiocarbonyl (C=S) groups is 1. The molecule has 0 aromatic heterocycles. The van der Waals surface area contributed by atoms with Gasteiger partial charge in [-0.1, -0.05) is 24.0 Å². The van der Waals surface area contributed by atoms with Crippen molar-refractivity contribution in [1.82, 2.24) is 4.90 Å². The average molecular weight is 257 g/mol. The van der Waals surface area contributed by atoms with Gasteiger partial charge in [-0.05, 0) is 13.8 Å². The van der Waals surface area contributed by atoms with Gasteiger partial charge in [-0.25, -0.2) is 0 Å². The fraction of sp³-hybridized carbons (Fsp3) is 0.857. The van der Waals surface area contributed by atoms with E-state index in [4.69, 9.17) is 22.0 Å². The number of nitrogens with zero attached hydrogens (tertiary/aromatic N) is 1. The Hall–Kier alpha value is 0.390. The minimum atomic E-state index is -3.87. The molecule has 7 heteroatoms. The van der Waals surface area contributed by atoms with E-state index < -0.39 is 7.60 Å². The fourth-order valence-electron chi connectivity index (χ4n) is 0.825. The Bertz CT molecular complexity index is 227. The van der Waals surface area contributed by atoms with Gasteiger partial charge in [0.2, 0.25) is 0 Å². The Balaban J connectivity index is 3.79. The molecule has 0 radical (unpaired) electrons. The van der Waals surface area contributed by atoms with E-state index in [0.717, 1.165) is 13.1 Å². The zero-order valence-electron chi connectivity index (χ0n) is 8.34. The van der Waals surface area contributed by atoms with E-state index in [1.165, 1.54) is 11.8 Å². The second-order valence-corrected chi connectivity index (χ2v) is 6.18. The van der Waals surface area contributed by atoms with E-state index in [2.05, 4.69) is 0 Å². The summed E-state index contributed by atoms with van der Waals surface area (Å²) in [6.45, 7) is 5.66. The minimum Gasteiger partial charge on any atom is -0.358 e. The third kappa shape index (κ3) is 6.79. The molecule has 0 aliphatic heterocycles. The summed E-state index contributed by atoms with van der Waals surface area (Å²) in [5.41, 5.74) is 0. The predicted octanol–water partition coefficient (Wildman–Crippen LogP) is 1.52. The van der Waals surface area contributed by atoms with E-state index in [9.17, 15) is 4.57 Å². The molecular formula is C7H16NO3PS2. The van der Waals surface area contributed by atoms with Crippen LogP contribution >= 0.6 is 31.6 Å². The Morgan fingerprint density at radius 2 is 1.93 bits per heavy atom. The van der Waals surface area contributed by atoms with Gasteiger partial charge in [-0.2, -0.15) is 0 Å². The minimum absolute atomic E-state index is 0.112. The van der Waals surface area contributed by atoms with Crippen molar-refractivity contribution in [3.05, 3.63) is 0 Å². The van der Waals surface area contributed by atoms with Crippen LogP contribution < -0.4 is 0 Å². The molecule has 0 spiro atoms. The molecule has 0 atom stereocenters. The lowest BCUT2D eigenvalue weighted by atomic mass is 10.6. The zero-order chi connectivity index (χ0) is 11.2. The molecule has 0 aliphatic carbocycles. The summed E-state index contributed by atoms with van der Waals surface area (Å²) < 4.78 is 11.3.